The maximum atomic E-state index is 13.0. The Balaban J connectivity index is 1.91. The van der Waals surface area contributed by atoms with E-state index in [4.69, 9.17) is 0 Å². The van der Waals surface area contributed by atoms with Gasteiger partial charge < -0.3 is 5.11 Å². The summed E-state index contributed by atoms with van der Waals surface area (Å²) in [6.07, 6.45) is -1.38. The summed E-state index contributed by atoms with van der Waals surface area (Å²) in [4.78, 5) is 0. The van der Waals surface area contributed by atoms with E-state index in [-0.39, 0.29) is 22.3 Å². The van der Waals surface area contributed by atoms with Gasteiger partial charge in [0.2, 0.25) is 10.0 Å². The van der Waals surface area contributed by atoms with E-state index < -0.39 is 28.4 Å². The summed E-state index contributed by atoms with van der Waals surface area (Å²) in [5.74, 6) is 0.0247. The molecule has 0 aliphatic rings. The Morgan fingerprint density at radius 2 is 1.73 bits per heavy atom. The molecule has 0 aliphatic heterocycles. The van der Waals surface area contributed by atoms with Crippen LogP contribution in [-0.2, 0) is 22.8 Å². The molecule has 4 nitrogen and oxygen atoms in total. The van der Waals surface area contributed by atoms with Crippen LogP contribution in [0.5, 0.6) is 0 Å². The van der Waals surface area contributed by atoms with E-state index >= 15 is 0 Å². The van der Waals surface area contributed by atoms with Gasteiger partial charge in [-0.3, -0.25) is 0 Å². The fourth-order valence-electron chi connectivity index (χ4n) is 3.23. The monoisotopic (exact) mass is 437 g/mol. The highest BCUT2D eigenvalue weighted by atomic mass is 32.2. The normalized spacial score (nSPS) is 13.0. The Bertz CT molecular complexity index is 1170. The third kappa shape index (κ3) is 4.60. The van der Waals surface area contributed by atoms with Gasteiger partial charge in [-0.05, 0) is 41.3 Å². The first-order valence-corrected chi connectivity index (χ1v) is 11.0. The molecule has 0 fully saturated rings. The zero-order valence-corrected chi connectivity index (χ0v) is 17.3. The van der Waals surface area contributed by atoms with Crippen LogP contribution >= 0.6 is 0 Å². The molecule has 1 heterocycles. The molecule has 2 aromatic carbocycles. The number of aromatic nitrogens is 1. The van der Waals surface area contributed by atoms with E-state index in [1.54, 1.807) is 6.08 Å². The first kappa shape index (κ1) is 22.1. The summed E-state index contributed by atoms with van der Waals surface area (Å²) in [5, 5.41) is 9.66. The maximum absolute atomic E-state index is 13.0. The van der Waals surface area contributed by atoms with Gasteiger partial charge in [-0.1, -0.05) is 50.3 Å². The van der Waals surface area contributed by atoms with Crippen LogP contribution in [0.2, 0.25) is 0 Å². The van der Waals surface area contributed by atoms with Gasteiger partial charge in [-0.15, -0.1) is 0 Å². The SMILES string of the molecule is CC(C)c1ccc(C=CCS(=O)(=O)n2c(CO)cc3cc(C(F)(F)F)ccc32)cc1. The number of rotatable bonds is 6. The predicted molar refractivity (Wildman–Crippen MR) is 112 cm³/mol. The van der Waals surface area contributed by atoms with Gasteiger partial charge in [0, 0.05) is 5.39 Å². The second-order valence-corrected chi connectivity index (χ2v) is 9.19. The number of benzene rings is 2. The van der Waals surface area contributed by atoms with Crippen molar-refractivity contribution < 1.29 is 26.7 Å². The second-order valence-electron chi connectivity index (χ2n) is 7.33. The van der Waals surface area contributed by atoms with Crippen LogP contribution in [0.1, 0.15) is 42.1 Å². The van der Waals surface area contributed by atoms with Crippen molar-refractivity contribution in [3.63, 3.8) is 0 Å². The Kier molecular flexibility index (Phi) is 6.10. The highest BCUT2D eigenvalue weighted by Crippen LogP contribution is 2.33. The topological polar surface area (TPSA) is 59.3 Å². The van der Waals surface area contributed by atoms with Crippen molar-refractivity contribution in [3.05, 3.63) is 77.0 Å². The Hall–Kier alpha value is -2.58. The van der Waals surface area contributed by atoms with Crippen LogP contribution in [0, 0.1) is 0 Å². The van der Waals surface area contributed by atoms with E-state index in [2.05, 4.69) is 13.8 Å². The second kappa shape index (κ2) is 8.28. The van der Waals surface area contributed by atoms with Gasteiger partial charge >= 0.3 is 6.18 Å². The van der Waals surface area contributed by atoms with Crippen molar-refractivity contribution in [2.45, 2.75) is 32.5 Å². The van der Waals surface area contributed by atoms with Crippen molar-refractivity contribution in [2.24, 2.45) is 0 Å². The van der Waals surface area contributed by atoms with Gasteiger partial charge in [0.15, 0.2) is 0 Å². The maximum Gasteiger partial charge on any atom is 0.416 e. The van der Waals surface area contributed by atoms with Gasteiger partial charge in [0.05, 0.1) is 29.1 Å². The first-order valence-electron chi connectivity index (χ1n) is 9.35. The van der Waals surface area contributed by atoms with Crippen LogP contribution in [0.25, 0.3) is 17.0 Å². The van der Waals surface area contributed by atoms with Crippen molar-refractivity contribution >= 4 is 27.0 Å². The van der Waals surface area contributed by atoms with Gasteiger partial charge in [0.25, 0.3) is 0 Å². The fourth-order valence-corrected chi connectivity index (χ4v) is 4.66. The lowest BCUT2D eigenvalue weighted by Gasteiger charge is -2.10. The summed E-state index contributed by atoms with van der Waals surface area (Å²) in [7, 11) is -3.94. The van der Waals surface area contributed by atoms with E-state index in [1.165, 1.54) is 17.7 Å². The summed E-state index contributed by atoms with van der Waals surface area (Å²) in [5.41, 5.74) is 1.24. The van der Waals surface area contributed by atoms with E-state index in [0.717, 1.165) is 27.7 Å². The highest BCUT2D eigenvalue weighted by Gasteiger charge is 2.31. The van der Waals surface area contributed by atoms with E-state index in [1.807, 2.05) is 24.3 Å². The number of hydrogen-bond acceptors (Lipinski definition) is 3. The van der Waals surface area contributed by atoms with E-state index in [9.17, 15) is 26.7 Å². The molecule has 0 unspecified atom stereocenters. The zero-order chi connectivity index (χ0) is 22.1. The molecule has 0 spiro atoms. The molecule has 0 amide bonds. The summed E-state index contributed by atoms with van der Waals surface area (Å²) < 4.78 is 65.5. The third-order valence-electron chi connectivity index (χ3n) is 4.82. The molecular formula is C22H22F3NO3S. The number of nitrogens with zero attached hydrogens (tertiary/aromatic N) is 1. The Morgan fingerprint density at radius 3 is 2.30 bits per heavy atom. The third-order valence-corrected chi connectivity index (χ3v) is 6.42. The Morgan fingerprint density at radius 1 is 1.07 bits per heavy atom. The molecule has 3 rings (SSSR count). The van der Waals surface area contributed by atoms with Crippen molar-refractivity contribution in [1.82, 2.24) is 3.97 Å². The molecule has 8 heteroatoms. The first-order chi connectivity index (χ1) is 14.0. The minimum absolute atomic E-state index is 0.0130. The largest absolute Gasteiger partial charge is 0.416 e. The molecular weight excluding hydrogens is 415 g/mol. The molecule has 0 saturated heterocycles. The number of halogens is 3. The summed E-state index contributed by atoms with van der Waals surface area (Å²) >= 11 is 0. The van der Waals surface area contributed by atoms with Crippen molar-refractivity contribution in [3.8, 4) is 0 Å². The number of alkyl halides is 3. The van der Waals surface area contributed by atoms with E-state index in [0.29, 0.717) is 5.92 Å². The lowest BCUT2D eigenvalue weighted by atomic mass is 10.0. The molecule has 1 aromatic heterocycles. The minimum atomic E-state index is -4.54. The quantitative estimate of drug-likeness (QED) is 0.579. The van der Waals surface area contributed by atoms with Gasteiger partial charge in [0.1, 0.15) is 0 Å². The van der Waals surface area contributed by atoms with Crippen LogP contribution in [0.4, 0.5) is 13.2 Å². The van der Waals surface area contributed by atoms with Gasteiger partial charge in [-0.25, -0.2) is 12.4 Å². The average Bonchev–Trinajstić information content (AvgIpc) is 3.06. The highest BCUT2D eigenvalue weighted by molar-refractivity contribution is 7.90. The Labute approximate surface area is 173 Å². The summed E-state index contributed by atoms with van der Waals surface area (Å²) in [6.45, 7) is 3.54. The van der Waals surface area contributed by atoms with Crippen molar-refractivity contribution in [1.29, 1.82) is 0 Å². The number of fused-ring (bicyclic) bond motifs is 1. The number of aliphatic hydroxyl groups is 1. The number of hydrogen-bond donors (Lipinski definition) is 1. The number of aliphatic hydroxyl groups excluding tert-OH is 1. The average molecular weight is 437 g/mol. The van der Waals surface area contributed by atoms with Gasteiger partial charge in [-0.2, -0.15) is 13.2 Å². The molecule has 0 saturated carbocycles. The van der Waals surface area contributed by atoms with Crippen molar-refractivity contribution in [2.75, 3.05) is 5.75 Å². The van der Waals surface area contributed by atoms with Crippen LogP contribution in [-0.4, -0.2) is 23.2 Å². The lowest BCUT2D eigenvalue weighted by molar-refractivity contribution is -0.137. The lowest BCUT2D eigenvalue weighted by Crippen LogP contribution is -2.18. The van der Waals surface area contributed by atoms with Crippen LogP contribution in [0.3, 0.4) is 0 Å². The molecule has 0 bridgehead atoms. The standard InChI is InChI=1S/C22H22F3NO3S/c1-15(2)17-7-5-16(6-8-17)4-3-11-30(28,29)26-20(14-27)13-18-12-19(22(23,24)25)9-10-21(18)26/h3-10,12-13,15,27H,11,14H2,1-2H3. The smallest absolute Gasteiger partial charge is 0.390 e. The molecule has 0 radical (unpaired) electrons. The molecule has 160 valence electrons. The molecule has 1 N–H and O–H groups in total. The molecule has 3 aromatic rings. The summed E-state index contributed by atoms with van der Waals surface area (Å²) in [6, 6.07) is 11.8. The molecule has 0 atom stereocenters. The molecule has 30 heavy (non-hydrogen) atoms. The fraction of sp³-hybridized carbons (Fsp3) is 0.273. The molecule has 0 aliphatic carbocycles. The van der Waals surface area contributed by atoms with Crippen LogP contribution in [0.15, 0.2) is 54.6 Å². The minimum Gasteiger partial charge on any atom is -0.390 e. The predicted octanol–water partition coefficient (Wildman–Crippen LogP) is 5.17. The van der Waals surface area contributed by atoms with Crippen LogP contribution < -0.4 is 0 Å². The zero-order valence-electron chi connectivity index (χ0n) is 16.5.